The average molecular weight is 127 g/mol. The molecule has 3 unspecified atom stereocenters. The van der Waals surface area contributed by atoms with Crippen LogP contribution < -0.4 is 5.43 Å². The molecule has 2 heterocycles. The molecular weight excluding hydrogens is 112 g/mol. The molecule has 2 aliphatic rings. The van der Waals surface area contributed by atoms with Crippen LogP contribution in [-0.4, -0.2) is 24.6 Å². The molecule has 0 spiro atoms. The molecule has 9 heavy (non-hydrogen) atoms. The molecule has 0 aromatic carbocycles. The summed E-state index contributed by atoms with van der Waals surface area (Å²) in [6.45, 7) is 3.23. The standard InChI is InChI=1S/C7H14N2/c1-2-7-3-4-8-9(5-1)6-7/h7-8H,1-6H2/i1D. The fraction of sp³-hybridized carbons (Fsp3) is 1.00. The van der Waals surface area contributed by atoms with Gasteiger partial charge >= 0.3 is 0 Å². The summed E-state index contributed by atoms with van der Waals surface area (Å²) in [5.74, 6) is 0.803. The number of piperidine rings is 1. The molecule has 0 radical (unpaired) electrons. The first-order chi connectivity index (χ1) is 4.84. The minimum Gasteiger partial charge on any atom is -0.255 e. The van der Waals surface area contributed by atoms with Gasteiger partial charge in [-0.1, -0.05) is 0 Å². The highest BCUT2D eigenvalue weighted by molar-refractivity contribution is 4.75. The summed E-state index contributed by atoms with van der Waals surface area (Å²) >= 11 is 0. The van der Waals surface area contributed by atoms with E-state index in [-0.39, 0.29) is 6.40 Å². The SMILES string of the molecule is [2H]C1CC2CCNN(C1)C2. The lowest BCUT2D eigenvalue weighted by Gasteiger charge is -2.37. The minimum absolute atomic E-state index is 0.159. The van der Waals surface area contributed by atoms with Crippen LogP contribution >= 0.6 is 0 Å². The number of nitrogens with one attached hydrogen (secondary N) is 1. The Morgan fingerprint density at radius 3 is 3.44 bits per heavy atom. The van der Waals surface area contributed by atoms with Crippen LogP contribution in [0.2, 0.25) is 0 Å². The molecule has 0 aliphatic carbocycles. The van der Waals surface area contributed by atoms with Crippen LogP contribution in [0.1, 0.15) is 20.6 Å². The predicted molar refractivity (Wildman–Crippen MR) is 36.9 cm³/mol. The van der Waals surface area contributed by atoms with Crippen molar-refractivity contribution in [2.75, 3.05) is 19.6 Å². The van der Waals surface area contributed by atoms with Crippen molar-refractivity contribution in [1.82, 2.24) is 10.4 Å². The molecule has 2 heteroatoms. The zero-order valence-corrected chi connectivity index (χ0v) is 5.64. The van der Waals surface area contributed by atoms with E-state index < -0.39 is 0 Å². The number of hydrogen-bond acceptors (Lipinski definition) is 2. The summed E-state index contributed by atoms with van der Waals surface area (Å²) in [6, 6.07) is 0. The third-order valence-corrected chi connectivity index (χ3v) is 2.22. The predicted octanol–water partition coefficient (Wildman–Crippen LogP) is 0.607. The minimum atomic E-state index is 0.159. The highest BCUT2D eigenvalue weighted by Gasteiger charge is 2.22. The molecule has 2 fully saturated rings. The maximum atomic E-state index is 7.59. The van der Waals surface area contributed by atoms with Crippen LogP contribution in [0.3, 0.4) is 0 Å². The first-order valence-electron chi connectivity index (χ1n) is 4.33. The number of fused-ring (bicyclic) bond motifs is 2. The van der Waals surface area contributed by atoms with Crippen LogP contribution in [0, 0.1) is 5.92 Å². The average Bonchev–Trinajstić information content (AvgIpc) is 1.85. The summed E-state index contributed by atoms with van der Waals surface area (Å²) in [4.78, 5) is 0. The number of nitrogens with zero attached hydrogens (tertiary/aromatic N) is 1. The van der Waals surface area contributed by atoms with Gasteiger partial charge in [0.25, 0.3) is 0 Å². The van der Waals surface area contributed by atoms with Crippen LogP contribution in [0.15, 0.2) is 0 Å². The van der Waals surface area contributed by atoms with Gasteiger partial charge in [-0.25, -0.2) is 5.01 Å². The molecule has 2 nitrogen and oxygen atoms in total. The third kappa shape index (κ3) is 1.10. The first-order valence-corrected chi connectivity index (χ1v) is 3.75. The Hall–Kier alpha value is -0.0800. The van der Waals surface area contributed by atoms with E-state index in [1.54, 1.807) is 0 Å². The van der Waals surface area contributed by atoms with E-state index >= 15 is 0 Å². The second kappa shape index (κ2) is 2.27. The van der Waals surface area contributed by atoms with E-state index in [0.29, 0.717) is 0 Å². The molecule has 0 aromatic rings. The molecule has 2 bridgehead atoms. The zero-order valence-electron chi connectivity index (χ0n) is 6.64. The molecule has 0 saturated carbocycles. The van der Waals surface area contributed by atoms with Gasteiger partial charge in [0.15, 0.2) is 0 Å². The van der Waals surface area contributed by atoms with E-state index in [9.17, 15) is 0 Å². The van der Waals surface area contributed by atoms with Crippen molar-refractivity contribution >= 4 is 0 Å². The monoisotopic (exact) mass is 127 g/mol. The first kappa shape index (κ1) is 4.69. The van der Waals surface area contributed by atoms with E-state index in [2.05, 4.69) is 10.4 Å². The highest BCUT2D eigenvalue weighted by atomic mass is 15.5. The van der Waals surface area contributed by atoms with Gasteiger partial charge in [-0.2, -0.15) is 0 Å². The third-order valence-electron chi connectivity index (χ3n) is 2.22. The van der Waals surface area contributed by atoms with Crippen LogP contribution in [0.25, 0.3) is 0 Å². The summed E-state index contributed by atoms with van der Waals surface area (Å²) in [7, 11) is 0. The molecule has 1 N–H and O–H groups in total. The lowest BCUT2D eigenvalue weighted by atomic mass is 9.94. The van der Waals surface area contributed by atoms with Crippen molar-refractivity contribution < 1.29 is 1.37 Å². The lowest BCUT2D eigenvalue weighted by molar-refractivity contribution is 0.0707. The Bertz CT molecular complexity index is 113. The van der Waals surface area contributed by atoms with Crippen molar-refractivity contribution in [2.45, 2.75) is 19.2 Å². The van der Waals surface area contributed by atoms with Gasteiger partial charge in [0, 0.05) is 21.0 Å². The van der Waals surface area contributed by atoms with Crippen LogP contribution in [0.4, 0.5) is 0 Å². The van der Waals surface area contributed by atoms with Gasteiger partial charge in [-0.05, 0) is 25.2 Å². The van der Waals surface area contributed by atoms with Crippen molar-refractivity contribution in [1.29, 1.82) is 0 Å². The normalized spacial score (nSPS) is 52.4. The number of rotatable bonds is 0. The van der Waals surface area contributed by atoms with Crippen LogP contribution in [0.5, 0.6) is 0 Å². The van der Waals surface area contributed by atoms with Crippen molar-refractivity contribution in [2.24, 2.45) is 5.92 Å². The van der Waals surface area contributed by atoms with Crippen molar-refractivity contribution in [3.8, 4) is 0 Å². The number of hydrogen-bond donors (Lipinski definition) is 1. The molecule has 52 valence electrons. The highest BCUT2D eigenvalue weighted by Crippen LogP contribution is 2.20. The van der Waals surface area contributed by atoms with Crippen LogP contribution in [-0.2, 0) is 0 Å². The van der Waals surface area contributed by atoms with Gasteiger partial charge in [-0.3, -0.25) is 5.43 Å². The quantitative estimate of drug-likeness (QED) is 0.513. The molecule has 0 aromatic heterocycles. The Morgan fingerprint density at radius 2 is 2.56 bits per heavy atom. The Balaban J connectivity index is 1.98. The summed E-state index contributed by atoms with van der Waals surface area (Å²) in [5, 5.41) is 2.20. The van der Waals surface area contributed by atoms with E-state index in [1.807, 2.05) is 0 Å². The number of hydrazine groups is 1. The van der Waals surface area contributed by atoms with Gasteiger partial charge < -0.3 is 0 Å². The Morgan fingerprint density at radius 1 is 1.56 bits per heavy atom. The van der Waals surface area contributed by atoms with Crippen molar-refractivity contribution in [3.05, 3.63) is 0 Å². The largest absolute Gasteiger partial charge is 0.255 e. The second-order valence-electron chi connectivity index (χ2n) is 2.99. The van der Waals surface area contributed by atoms with Gasteiger partial charge in [0.05, 0.1) is 0 Å². The molecule has 2 aliphatic heterocycles. The van der Waals surface area contributed by atoms with Crippen molar-refractivity contribution in [3.63, 3.8) is 0 Å². The second-order valence-corrected chi connectivity index (χ2v) is 2.99. The smallest absolute Gasteiger partial charge is 0.0280 e. The zero-order chi connectivity index (χ0) is 6.97. The molecule has 3 atom stereocenters. The van der Waals surface area contributed by atoms with E-state index in [1.165, 1.54) is 13.0 Å². The topological polar surface area (TPSA) is 15.3 Å². The summed E-state index contributed by atoms with van der Waals surface area (Å²) in [6.07, 6.45) is 2.55. The molecular formula is C7H14N2. The summed E-state index contributed by atoms with van der Waals surface area (Å²) in [5.41, 5.74) is 3.29. The fourth-order valence-corrected chi connectivity index (χ4v) is 1.69. The van der Waals surface area contributed by atoms with E-state index in [0.717, 1.165) is 25.4 Å². The maximum Gasteiger partial charge on any atom is 0.0280 e. The molecule has 0 amide bonds. The Kier molecular flexibility index (Phi) is 1.18. The summed E-state index contributed by atoms with van der Waals surface area (Å²) < 4.78 is 7.59. The molecule has 2 saturated heterocycles. The molecule has 2 rings (SSSR count). The Labute approximate surface area is 57.6 Å². The van der Waals surface area contributed by atoms with Gasteiger partial charge in [0.2, 0.25) is 0 Å². The fourth-order valence-electron chi connectivity index (χ4n) is 1.69. The van der Waals surface area contributed by atoms with Gasteiger partial charge in [0.1, 0.15) is 0 Å². The van der Waals surface area contributed by atoms with Gasteiger partial charge in [-0.15, -0.1) is 0 Å². The lowest BCUT2D eigenvalue weighted by Crippen LogP contribution is -2.50. The maximum absolute atomic E-state index is 7.59. The van der Waals surface area contributed by atoms with E-state index in [4.69, 9.17) is 1.37 Å².